The summed E-state index contributed by atoms with van der Waals surface area (Å²) in [4.78, 5) is 18.7. The fourth-order valence-corrected chi connectivity index (χ4v) is 4.53. The van der Waals surface area contributed by atoms with Gasteiger partial charge in [-0.2, -0.15) is 18.4 Å². The summed E-state index contributed by atoms with van der Waals surface area (Å²) in [7, 11) is 1.56. The van der Waals surface area contributed by atoms with Crippen molar-refractivity contribution >= 4 is 11.7 Å². The average molecular weight is 481 g/mol. The molecule has 0 radical (unpaired) electrons. The fourth-order valence-electron chi connectivity index (χ4n) is 4.53. The molecule has 2 heterocycles. The number of para-hydroxylation sites is 1. The third kappa shape index (κ3) is 4.52. The van der Waals surface area contributed by atoms with Crippen molar-refractivity contribution in [3.05, 3.63) is 77.5 Å². The Morgan fingerprint density at radius 2 is 1.86 bits per heavy atom. The number of benzene rings is 2. The fraction of sp³-hybridized carbons (Fsp3) is 0.269. The Labute approximate surface area is 200 Å². The maximum absolute atomic E-state index is 13.0. The molecule has 1 aromatic heterocycles. The van der Waals surface area contributed by atoms with Gasteiger partial charge in [0, 0.05) is 24.8 Å². The lowest BCUT2D eigenvalue weighted by Gasteiger charge is -2.40. The second-order valence-electron chi connectivity index (χ2n) is 8.35. The van der Waals surface area contributed by atoms with E-state index in [0.717, 1.165) is 17.7 Å². The zero-order valence-corrected chi connectivity index (χ0v) is 18.8. The molecular formula is C26H22F3N3O3. The highest BCUT2D eigenvalue weighted by atomic mass is 19.4. The van der Waals surface area contributed by atoms with Crippen molar-refractivity contribution in [1.29, 1.82) is 5.26 Å². The number of aromatic nitrogens is 1. The van der Waals surface area contributed by atoms with E-state index in [2.05, 4.69) is 4.98 Å². The van der Waals surface area contributed by atoms with Gasteiger partial charge in [-0.05, 0) is 54.8 Å². The van der Waals surface area contributed by atoms with E-state index in [1.807, 2.05) is 30.3 Å². The summed E-state index contributed by atoms with van der Waals surface area (Å²) in [6.07, 6.45) is -2.56. The molecule has 1 aliphatic heterocycles. The van der Waals surface area contributed by atoms with Crippen LogP contribution >= 0.6 is 0 Å². The van der Waals surface area contributed by atoms with Crippen molar-refractivity contribution in [2.24, 2.45) is 0 Å². The van der Waals surface area contributed by atoms with Crippen LogP contribution in [0, 0.1) is 11.3 Å². The van der Waals surface area contributed by atoms with Gasteiger partial charge in [0.1, 0.15) is 11.8 Å². The van der Waals surface area contributed by atoms with Crippen LogP contribution in [0.4, 0.5) is 18.9 Å². The molecule has 1 saturated heterocycles. The molecule has 0 amide bonds. The summed E-state index contributed by atoms with van der Waals surface area (Å²) < 4.78 is 44.5. The summed E-state index contributed by atoms with van der Waals surface area (Å²) in [6, 6.07) is 15.8. The predicted octanol–water partition coefficient (Wildman–Crippen LogP) is 5.27. The molecule has 6 nitrogen and oxygen atoms in total. The van der Waals surface area contributed by atoms with Gasteiger partial charge in [-0.15, -0.1) is 0 Å². The first-order valence-corrected chi connectivity index (χ1v) is 10.9. The lowest BCUT2D eigenvalue weighted by molar-refractivity contribution is -0.145. The Bertz CT molecular complexity index is 1280. The van der Waals surface area contributed by atoms with Gasteiger partial charge in [-0.25, -0.2) is 0 Å². The molecule has 2 aromatic carbocycles. The first-order chi connectivity index (χ1) is 16.7. The molecule has 9 heteroatoms. The highest BCUT2D eigenvalue weighted by Crippen LogP contribution is 2.40. The van der Waals surface area contributed by atoms with Gasteiger partial charge < -0.3 is 14.7 Å². The molecule has 0 saturated carbocycles. The summed E-state index contributed by atoms with van der Waals surface area (Å²) in [5.41, 5.74) is 0.169. The van der Waals surface area contributed by atoms with Gasteiger partial charge in [0.2, 0.25) is 0 Å². The Morgan fingerprint density at radius 1 is 1.14 bits per heavy atom. The number of ether oxygens (including phenoxy) is 1. The molecule has 35 heavy (non-hydrogen) atoms. The molecule has 0 atom stereocenters. The molecule has 180 valence electrons. The SMILES string of the molecule is COc1ccccc1-c1ccc(C2(C(=O)O)CCN(c3ccc(C(F)(F)F)cc3C#N)CC2)cn1. The molecule has 1 aliphatic rings. The quantitative estimate of drug-likeness (QED) is 0.534. The summed E-state index contributed by atoms with van der Waals surface area (Å²) in [5.74, 6) is -0.337. The number of alkyl halides is 3. The Balaban J connectivity index is 1.59. The van der Waals surface area contributed by atoms with Gasteiger partial charge in [0.05, 0.1) is 35.0 Å². The van der Waals surface area contributed by atoms with Crippen LogP contribution in [0.25, 0.3) is 11.3 Å². The number of piperidine rings is 1. The van der Waals surface area contributed by atoms with Crippen molar-refractivity contribution in [3.63, 3.8) is 0 Å². The number of rotatable bonds is 5. The van der Waals surface area contributed by atoms with Crippen LogP contribution in [-0.2, 0) is 16.4 Å². The topological polar surface area (TPSA) is 86.5 Å². The smallest absolute Gasteiger partial charge is 0.416 e. The van der Waals surface area contributed by atoms with E-state index in [4.69, 9.17) is 4.74 Å². The van der Waals surface area contributed by atoms with E-state index in [1.165, 1.54) is 6.07 Å². The van der Waals surface area contributed by atoms with Gasteiger partial charge >= 0.3 is 12.1 Å². The van der Waals surface area contributed by atoms with Gasteiger partial charge in [0.25, 0.3) is 0 Å². The van der Waals surface area contributed by atoms with E-state index in [-0.39, 0.29) is 31.5 Å². The van der Waals surface area contributed by atoms with Crippen LogP contribution in [0.5, 0.6) is 5.75 Å². The Morgan fingerprint density at radius 3 is 2.43 bits per heavy atom. The predicted molar refractivity (Wildman–Crippen MR) is 123 cm³/mol. The second-order valence-corrected chi connectivity index (χ2v) is 8.35. The molecule has 0 aliphatic carbocycles. The number of anilines is 1. The van der Waals surface area contributed by atoms with Crippen LogP contribution < -0.4 is 9.64 Å². The highest BCUT2D eigenvalue weighted by Gasteiger charge is 2.44. The second kappa shape index (κ2) is 9.29. The van der Waals surface area contributed by atoms with Gasteiger partial charge in [-0.3, -0.25) is 9.78 Å². The minimum atomic E-state index is -4.55. The monoisotopic (exact) mass is 481 g/mol. The normalized spacial score (nSPS) is 15.3. The van der Waals surface area contributed by atoms with Crippen molar-refractivity contribution in [2.45, 2.75) is 24.4 Å². The van der Waals surface area contributed by atoms with E-state index in [9.17, 15) is 28.3 Å². The lowest BCUT2D eigenvalue weighted by Crippen LogP contribution is -2.47. The zero-order chi connectivity index (χ0) is 25.2. The van der Waals surface area contributed by atoms with E-state index >= 15 is 0 Å². The summed E-state index contributed by atoms with van der Waals surface area (Å²) >= 11 is 0. The first-order valence-electron chi connectivity index (χ1n) is 10.9. The van der Waals surface area contributed by atoms with Crippen LogP contribution in [0.1, 0.15) is 29.5 Å². The summed E-state index contributed by atoms with van der Waals surface area (Å²) in [5, 5.41) is 19.6. The number of carbonyl (C=O) groups is 1. The first kappa shape index (κ1) is 24.1. The Hall–Kier alpha value is -4.06. The van der Waals surface area contributed by atoms with Crippen molar-refractivity contribution in [1.82, 2.24) is 4.98 Å². The van der Waals surface area contributed by atoms with Crippen molar-refractivity contribution < 1.29 is 27.8 Å². The van der Waals surface area contributed by atoms with Gasteiger partial charge in [-0.1, -0.05) is 18.2 Å². The average Bonchev–Trinajstić information content (AvgIpc) is 2.87. The number of methoxy groups -OCH3 is 1. The highest BCUT2D eigenvalue weighted by molar-refractivity contribution is 5.82. The van der Waals surface area contributed by atoms with Gasteiger partial charge in [0.15, 0.2) is 0 Å². The van der Waals surface area contributed by atoms with Crippen LogP contribution in [0.2, 0.25) is 0 Å². The maximum Gasteiger partial charge on any atom is 0.416 e. The number of halogens is 3. The molecular weight excluding hydrogens is 459 g/mol. The molecule has 1 fully saturated rings. The van der Waals surface area contributed by atoms with Crippen LogP contribution in [-0.4, -0.2) is 36.3 Å². The lowest BCUT2D eigenvalue weighted by atomic mass is 9.73. The standard InChI is InChI=1S/C26H22F3N3O3/c1-35-23-5-3-2-4-20(23)21-8-6-19(16-31-21)25(24(33)34)10-12-32(13-11-25)22-9-7-18(26(27,28)29)14-17(22)15-30/h2-9,14,16H,10-13H2,1H3,(H,33,34). The number of aliphatic carboxylic acids is 1. The minimum absolute atomic E-state index is 0.0922. The molecule has 0 spiro atoms. The Kier molecular flexibility index (Phi) is 6.39. The van der Waals surface area contributed by atoms with Crippen LogP contribution in [0.15, 0.2) is 60.8 Å². The molecule has 0 unspecified atom stereocenters. The molecule has 3 aromatic rings. The van der Waals surface area contributed by atoms with E-state index in [1.54, 1.807) is 30.3 Å². The third-order valence-electron chi connectivity index (χ3n) is 6.51. The molecule has 0 bridgehead atoms. The van der Waals surface area contributed by atoms with Crippen molar-refractivity contribution in [2.75, 3.05) is 25.1 Å². The number of nitriles is 1. The largest absolute Gasteiger partial charge is 0.496 e. The van der Waals surface area contributed by atoms with Crippen molar-refractivity contribution in [3.8, 4) is 23.1 Å². The number of pyridine rings is 1. The van der Waals surface area contributed by atoms with Crippen LogP contribution in [0.3, 0.4) is 0 Å². The molecule has 4 rings (SSSR count). The third-order valence-corrected chi connectivity index (χ3v) is 6.51. The van der Waals surface area contributed by atoms with E-state index in [0.29, 0.717) is 22.7 Å². The number of carboxylic acid groups (broad SMARTS) is 1. The number of hydrogen-bond acceptors (Lipinski definition) is 5. The minimum Gasteiger partial charge on any atom is -0.496 e. The number of carboxylic acids is 1. The maximum atomic E-state index is 13.0. The number of hydrogen-bond donors (Lipinski definition) is 1. The van der Waals surface area contributed by atoms with E-state index < -0.39 is 23.1 Å². The zero-order valence-electron chi connectivity index (χ0n) is 18.8. The summed E-state index contributed by atoms with van der Waals surface area (Å²) in [6.45, 7) is 0.529. The molecule has 1 N–H and O–H groups in total. The number of nitrogens with zero attached hydrogens (tertiary/aromatic N) is 3.